The summed E-state index contributed by atoms with van der Waals surface area (Å²) in [4.78, 5) is 19.1. The molecule has 0 atom stereocenters. The molecule has 0 bridgehead atoms. The fraction of sp³-hybridized carbons (Fsp3) is 0.0556. The summed E-state index contributed by atoms with van der Waals surface area (Å²) >= 11 is 0. The molecule has 0 spiro atoms. The van der Waals surface area contributed by atoms with Gasteiger partial charge in [-0.3, -0.25) is 0 Å². The SMILES string of the molecule is O=C(O)c1ccccc1Nc1cc(Nc2ccccc2C(F)(F)F)ncn1. The van der Waals surface area contributed by atoms with E-state index in [-0.39, 0.29) is 22.9 Å². The maximum Gasteiger partial charge on any atom is 0.418 e. The molecule has 0 radical (unpaired) electrons. The van der Waals surface area contributed by atoms with E-state index < -0.39 is 17.7 Å². The number of para-hydroxylation sites is 2. The van der Waals surface area contributed by atoms with Crippen molar-refractivity contribution in [1.29, 1.82) is 0 Å². The number of hydrogen-bond donors (Lipinski definition) is 3. The first-order valence-corrected chi connectivity index (χ1v) is 7.69. The molecular weight excluding hydrogens is 361 g/mol. The highest BCUT2D eigenvalue weighted by Gasteiger charge is 2.33. The van der Waals surface area contributed by atoms with Crippen molar-refractivity contribution in [2.24, 2.45) is 0 Å². The second kappa shape index (κ2) is 7.32. The third-order valence-corrected chi connectivity index (χ3v) is 3.58. The van der Waals surface area contributed by atoms with E-state index in [9.17, 15) is 23.1 Å². The Morgan fingerprint density at radius 1 is 0.889 bits per heavy atom. The molecule has 0 unspecified atom stereocenters. The summed E-state index contributed by atoms with van der Waals surface area (Å²) in [6.45, 7) is 0. The highest BCUT2D eigenvalue weighted by Crippen LogP contribution is 2.35. The normalized spacial score (nSPS) is 11.1. The molecule has 1 aromatic heterocycles. The lowest BCUT2D eigenvalue weighted by molar-refractivity contribution is -0.136. The monoisotopic (exact) mass is 374 g/mol. The van der Waals surface area contributed by atoms with Gasteiger partial charge in [0.2, 0.25) is 0 Å². The molecular formula is C18H13F3N4O2. The molecule has 138 valence electrons. The fourth-order valence-corrected chi connectivity index (χ4v) is 2.39. The van der Waals surface area contributed by atoms with Crippen molar-refractivity contribution in [3.8, 4) is 0 Å². The van der Waals surface area contributed by atoms with Crippen LogP contribution in [-0.4, -0.2) is 21.0 Å². The topological polar surface area (TPSA) is 87.1 Å². The molecule has 0 saturated carbocycles. The molecule has 3 aromatic rings. The minimum atomic E-state index is -4.52. The Labute approximate surface area is 151 Å². The first-order valence-electron chi connectivity index (χ1n) is 7.69. The molecule has 0 aliphatic heterocycles. The van der Waals surface area contributed by atoms with Crippen LogP contribution in [0.3, 0.4) is 0 Å². The van der Waals surface area contributed by atoms with E-state index >= 15 is 0 Å². The van der Waals surface area contributed by atoms with Crippen LogP contribution < -0.4 is 10.6 Å². The molecule has 2 aromatic carbocycles. The number of rotatable bonds is 5. The maximum absolute atomic E-state index is 13.1. The first kappa shape index (κ1) is 18.2. The van der Waals surface area contributed by atoms with Crippen molar-refractivity contribution in [3.05, 3.63) is 72.1 Å². The van der Waals surface area contributed by atoms with Gasteiger partial charge in [-0.2, -0.15) is 13.2 Å². The van der Waals surface area contributed by atoms with E-state index in [2.05, 4.69) is 20.6 Å². The lowest BCUT2D eigenvalue weighted by Crippen LogP contribution is -2.09. The van der Waals surface area contributed by atoms with Gasteiger partial charge in [0.25, 0.3) is 0 Å². The first-order chi connectivity index (χ1) is 12.8. The molecule has 0 fully saturated rings. The molecule has 0 aliphatic rings. The Balaban J connectivity index is 1.87. The summed E-state index contributed by atoms with van der Waals surface area (Å²) in [5, 5.41) is 14.7. The number of aromatic nitrogens is 2. The van der Waals surface area contributed by atoms with Crippen LogP contribution in [0.4, 0.5) is 36.2 Å². The predicted octanol–water partition coefficient (Wildman–Crippen LogP) is 4.68. The maximum atomic E-state index is 13.1. The van der Waals surface area contributed by atoms with Gasteiger partial charge in [-0.25, -0.2) is 14.8 Å². The molecule has 6 nitrogen and oxygen atoms in total. The Hall–Kier alpha value is -3.62. The van der Waals surface area contributed by atoms with Gasteiger partial charge >= 0.3 is 12.1 Å². The Bertz CT molecular complexity index is 977. The number of anilines is 4. The van der Waals surface area contributed by atoms with Crippen LogP contribution in [0.15, 0.2) is 60.9 Å². The predicted molar refractivity (Wildman–Crippen MR) is 93.4 cm³/mol. The number of carbonyl (C=O) groups is 1. The minimum absolute atomic E-state index is 0.0352. The van der Waals surface area contributed by atoms with E-state index in [1.165, 1.54) is 30.3 Å². The number of nitrogens with one attached hydrogen (secondary N) is 2. The average Bonchev–Trinajstić information content (AvgIpc) is 2.62. The summed E-state index contributed by atoms with van der Waals surface area (Å²) < 4.78 is 39.3. The number of benzene rings is 2. The number of halogens is 3. The third kappa shape index (κ3) is 4.32. The minimum Gasteiger partial charge on any atom is -0.478 e. The molecule has 1 heterocycles. The number of nitrogens with zero attached hydrogens (tertiary/aromatic N) is 2. The number of aromatic carboxylic acids is 1. The van der Waals surface area contributed by atoms with Gasteiger partial charge in [-0.15, -0.1) is 0 Å². The summed E-state index contributed by atoms with van der Waals surface area (Å²) in [6.07, 6.45) is -3.36. The van der Waals surface area contributed by atoms with Gasteiger partial charge in [0.1, 0.15) is 18.0 Å². The molecule has 0 aliphatic carbocycles. The fourth-order valence-electron chi connectivity index (χ4n) is 2.39. The standard InChI is InChI=1S/C18H13F3N4O2/c19-18(20,21)12-6-2-4-8-14(12)25-16-9-15(22-10-23-16)24-13-7-3-1-5-11(13)17(26)27/h1-10H,(H,26,27)(H2,22,23,24,25). The molecule has 0 saturated heterocycles. The van der Waals surface area contributed by atoms with Crippen molar-refractivity contribution in [3.63, 3.8) is 0 Å². The zero-order valence-corrected chi connectivity index (χ0v) is 13.7. The van der Waals surface area contributed by atoms with E-state index in [1.54, 1.807) is 18.2 Å². The zero-order chi connectivity index (χ0) is 19.4. The van der Waals surface area contributed by atoms with Crippen LogP contribution in [0.1, 0.15) is 15.9 Å². The van der Waals surface area contributed by atoms with Crippen molar-refractivity contribution < 1.29 is 23.1 Å². The van der Waals surface area contributed by atoms with E-state index in [0.29, 0.717) is 5.69 Å². The van der Waals surface area contributed by atoms with Gasteiger partial charge < -0.3 is 15.7 Å². The van der Waals surface area contributed by atoms with Crippen LogP contribution in [-0.2, 0) is 6.18 Å². The number of carboxylic acid groups (broad SMARTS) is 1. The van der Waals surface area contributed by atoms with Crippen LogP contribution in [0.5, 0.6) is 0 Å². The molecule has 3 rings (SSSR count). The van der Waals surface area contributed by atoms with Crippen molar-refractivity contribution >= 4 is 29.0 Å². The molecule has 9 heteroatoms. The average molecular weight is 374 g/mol. The molecule has 27 heavy (non-hydrogen) atoms. The van der Waals surface area contributed by atoms with Crippen LogP contribution in [0.25, 0.3) is 0 Å². The largest absolute Gasteiger partial charge is 0.478 e. The highest BCUT2D eigenvalue weighted by atomic mass is 19.4. The Kier molecular flexibility index (Phi) is 4.93. The Morgan fingerprint density at radius 2 is 1.44 bits per heavy atom. The summed E-state index contributed by atoms with van der Waals surface area (Å²) in [5.74, 6) is -0.771. The van der Waals surface area contributed by atoms with Gasteiger partial charge in [-0.1, -0.05) is 24.3 Å². The van der Waals surface area contributed by atoms with Gasteiger partial charge in [0, 0.05) is 6.07 Å². The highest BCUT2D eigenvalue weighted by molar-refractivity contribution is 5.95. The third-order valence-electron chi connectivity index (χ3n) is 3.58. The van der Waals surface area contributed by atoms with Gasteiger partial charge in [0.05, 0.1) is 22.5 Å². The second-order valence-electron chi connectivity index (χ2n) is 5.43. The van der Waals surface area contributed by atoms with Gasteiger partial charge in [0.15, 0.2) is 0 Å². The zero-order valence-electron chi connectivity index (χ0n) is 13.7. The number of alkyl halides is 3. The van der Waals surface area contributed by atoms with Crippen molar-refractivity contribution in [2.45, 2.75) is 6.18 Å². The number of hydrogen-bond acceptors (Lipinski definition) is 5. The smallest absolute Gasteiger partial charge is 0.418 e. The molecule has 0 amide bonds. The van der Waals surface area contributed by atoms with E-state index in [1.807, 2.05) is 0 Å². The summed E-state index contributed by atoms with van der Waals surface area (Å²) in [5.41, 5.74) is -0.645. The summed E-state index contributed by atoms with van der Waals surface area (Å²) in [6, 6.07) is 12.6. The number of carboxylic acids is 1. The lowest BCUT2D eigenvalue weighted by atomic mass is 10.1. The van der Waals surface area contributed by atoms with Crippen LogP contribution in [0, 0.1) is 0 Å². The van der Waals surface area contributed by atoms with Crippen LogP contribution >= 0.6 is 0 Å². The summed E-state index contributed by atoms with van der Waals surface area (Å²) in [7, 11) is 0. The van der Waals surface area contributed by atoms with Gasteiger partial charge in [-0.05, 0) is 24.3 Å². The quantitative estimate of drug-likeness (QED) is 0.601. The Morgan fingerprint density at radius 3 is 2.07 bits per heavy atom. The van der Waals surface area contributed by atoms with E-state index in [4.69, 9.17) is 0 Å². The second-order valence-corrected chi connectivity index (χ2v) is 5.43. The molecule has 3 N–H and O–H groups in total. The van der Waals surface area contributed by atoms with Crippen LogP contribution in [0.2, 0.25) is 0 Å². The lowest BCUT2D eigenvalue weighted by Gasteiger charge is -2.14. The van der Waals surface area contributed by atoms with Crippen molar-refractivity contribution in [1.82, 2.24) is 9.97 Å². The van der Waals surface area contributed by atoms with E-state index in [0.717, 1.165) is 12.4 Å². The van der Waals surface area contributed by atoms with Crippen molar-refractivity contribution in [2.75, 3.05) is 10.6 Å².